The molecule has 0 aromatic rings. The number of aliphatic carboxylic acids is 1. The molecule has 1 aliphatic heterocycles. The van der Waals surface area contributed by atoms with Crippen LogP contribution in [-0.4, -0.2) is 45.3 Å². The SMILES string of the molecule is CCC(C)(O)CN1CCCCC1(C)C(=O)O. The van der Waals surface area contributed by atoms with Crippen molar-refractivity contribution >= 4 is 5.97 Å². The number of carboxylic acid groups (broad SMARTS) is 1. The lowest BCUT2D eigenvalue weighted by Crippen LogP contribution is -2.58. The van der Waals surface area contributed by atoms with Crippen molar-refractivity contribution in [1.82, 2.24) is 4.90 Å². The average molecular weight is 229 g/mol. The second kappa shape index (κ2) is 4.72. The Labute approximate surface area is 97.3 Å². The van der Waals surface area contributed by atoms with Crippen LogP contribution in [0.25, 0.3) is 0 Å². The van der Waals surface area contributed by atoms with Gasteiger partial charge in [-0.15, -0.1) is 0 Å². The van der Waals surface area contributed by atoms with Crippen LogP contribution < -0.4 is 0 Å². The lowest BCUT2D eigenvalue weighted by Gasteiger charge is -2.44. The Kier molecular flexibility index (Phi) is 3.97. The van der Waals surface area contributed by atoms with Crippen molar-refractivity contribution in [2.45, 2.75) is 57.6 Å². The standard InChI is InChI=1S/C12H23NO3/c1-4-11(2,16)9-13-8-6-5-7-12(13,3)10(14)15/h16H,4-9H2,1-3H3,(H,14,15). The minimum absolute atomic E-state index is 0.437. The van der Waals surface area contributed by atoms with Crippen LogP contribution in [0, 0.1) is 0 Å². The first-order valence-corrected chi connectivity index (χ1v) is 6.03. The van der Waals surface area contributed by atoms with Gasteiger partial charge in [-0.1, -0.05) is 6.92 Å². The molecule has 1 fully saturated rings. The molecule has 0 aromatic carbocycles. The number of hydrogen-bond donors (Lipinski definition) is 2. The zero-order valence-corrected chi connectivity index (χ0v) is 10.5. The van der Waals surface area contributed by atoms with Gasteiger partial charge >= 0.3 is 5.97 Å². The summed E-state index contributed by atoms with van der Waals surface area (Å²) in [7, 11) is 0. The lowest BCUT2D eigenvalue weighted by atomic mass is 9.86. The molecule has 0 amide bonds. The van der Waals surface area contributed by atoms with Crippen LogP contribution in [0.5, 0.6) is 0 Å². The molecule has 1 rings (SSSR count). The highest BCUT2D eigenvalue weighted by Crippen LogP contribution is 2.30. The summed E-state index contributed by atoms with van der Waals surface area (Å²) in [5.74, 6) is -0.779. The van der Waals surface area contributed by atoms with Gasteiger partial charge in [0.2, 0.25) is 0 Å². The largest absolute Gasteiger partial charge is 0.480 e. The number of piperidine rings is 1. The lowest BCUT2D eigenvalue weighted by molar-refractivity contribution is -0.155. The van der Waals surface area contributed by atoms with Gasteiger partial charge in [-0.25, -0.2) is 0 Å². The fourth-order valence-corrected chi connectivity index (χ4v) is 2.20. The van der Waals surface area contributed by atoms with E-state index in [-0.39, 0.29) is 0 Å². The number of carbonyl (C=O) groups is 1. The Morgan fingerprint density at radius 1 is 1.50 bits per heavy atom. The molecule has 0 saturated carbocycles. The number of rotatable bonds is 4. The molecule has 1 saturated heterocycles. The van der Waals surface area contributed by atoms with Crippen LogP contribution in [-0.2, 0) is 4.79 Å². The van der Waals surface area contributed by atoms with Gasteiger partial charge in [0, 0.05) is 6.54 Å². The molecule has 4 heteroatoms. The van der Waals surface area contributed by atoms with Crippen LogP contribution in [0.1, 0.15) is 46.5 Å². The zero-order valence-electron chi connectivity index (χ0n) is 10.5. The van der Waals surface area contributed by atoms with Gasteiger partial charge in [0.05, 0.1) is 5.60 Å². The predicted octanol–water partition coefficient (Wildman–Crippen LogP) is 1.48. The number of nitrogens with zero attached hydrogens (tertiary/aromatic N) is 1. The third-order valence-electron chi connectivity index (χ3n) is 3.79. The van der Waals surface area contributed by atoms with E-state index in [4.69, 9.17) is 0 Å². The predicted molar refractivity (Wildman–Crippen MR) is 62.4 cm³/mol. The summed E-state index contributed by atoms with van der Waals surface area (Å²) in [5.41, 5.74) is -1.61. The zero-order chi connectivity index (χ0) is 12.4. The first-order chi connectivity index (χ1) is 7.32. The Balaban J connectivity index is 2.79. The maximum atomic E-state index is 11.3. The minimum atomic E-state index is -0.808. The van der Waals surface area contributed by atoms with Crippen LogP contribution in [0.3, 0.4) is 0 Å². The Hall–Kier alpha value is -0.610. The van der Waals surface area contributed by atoms with Crippen LogP contribution in [0.15, 0.2) is 0 Å². The van der Waals surface area contributed by atoms with Crippen LogP contribution in [0.4, 0.5) is 0 Å². The van der Waals surface area contributed by atoms with Crippen molar-refractivity contribution in [2.24, 2.45) is 0 Å². The van der Waals surface area contributed by atoms with E-state index < -0.39 is 17.1 Å². The summed E-state index contributed by atoms with van der Waals surface area (Å²) in [6.45, 7) is 6.65. The van der Waals surface area contributed by atoms with Crippen LogP contribution >= 0.6 is 0 Å². The van der Waals surface area contributed by atoms with Crippen molar-refractivity contribution in [2.75, 3.05) is 13.1 Å². The number of likely N-dealkylation sites (tertiary alicyclic amines) is 1. The summed E-state index contributed by atoms with van der Waals surface area (Å²) in [6, 6.07) is 0. The summed E-state index contributed by atoms with van der Waals surface area (Å²) in [4.78, 5) is 13.3. The number of hydrogen-bond acceptors (Lipinski definition) is 3. The number of β-amino-alcohol motifs (C(OH)–C–C–N with tert-alkyl or cyclic N) is 1. The number of carboxylic acids is 1. The molecule has 0 spiro atoms. The van der Waals surface area contributed by atoms with Gasteiger partial charge < -0.3 is 10.2 Å². The minimum Gasteiger partial charge on any atom is -0.480 e. The molecule has 0 radical (unpaired) electrons. The van der Waals surface area contributed by atoms with Gasteiger partial charge in [-0.2, -0.15) is 0 Å². The molecule has 4 nitrogen and oxygen atoms in total. The van der Waals surface area contributed by atoms with Crippen molar-refractivity contribution in [3.63, 3.8) is 0 Å². The molecular formula is C12H23NO3. The maximum absolute atomic E-state index is 11.3. The van der Waals surface area contributed by atoms with Crippen LogP contribution in [0.2, 0.25) is 0 Å². The second-order valence-corrected chi connectivity index (χ2v) is 5.31. The van der Waals surface area contributed by atoms with Gasteiger partial charge in [0.15, 0.2) is 0 Å². The highest BCUT2D eigenvalue weighted by Gasteiger charge is 2.43. The first-order valence-electron chi connectivity index (χ1n) is 6.03. The van der Waals surface area contributed by atoms with Crippen molar-refractivity contribution < 1.29 is 15.0 Å². The van der Waals surface area contributed by atoms with Crippen molar-refractivity contribution in [1.29, 1.82) is 0 Å². The van der Waals surface area contributed by atoms with E-state index in [1.165, 1.54) is 0 Å². The highest BCUT2D eigenvalue weighted by molar-refractivity contribution is 5.78. The monoisotopic (exact) mass is 229 g/mol. The Morgan fingerprint density at radius 2 is 2.12 bits per heavy atom. The molecule has 2 N–H and O–H groups in total. The third-order valence-corrected chi connectivity index (χ3v) is 3.79. The second-order valence-electron chi connectivity index (χ2n) is 5.31. The van der Waals surface area contributed by atoms with Gasteiger partial charge in [-0.3, -0.25) is 9.69 Å². The molecule has 94 valence electrons. The Morgan fingerprint density at radius 3 is 2.62 bits per heavy atom. The highest BCUT2D eigenvalue weighted by atomic mass is 16.4. The number of aliphatic hydroxyl groups is 1. The van der Waals surface area contributed by atoms with E-state index in [0.29, 0.717) is 19.4 Å². The quantitative estimate of drug-likeness (QED) is 0.766. The normalized spacial score (nSPS) is 31.0. The van der Waals surface area contributed by atoms with E-state index >= 15 is 0 Å². The van der Waals surface area contributed by atoms with E-state index in [0.717, 1.165) is 19.4 Å². The Bertz CT molecular complexity index is 265. The average Bonchev–Trinajstić information content (AvgIpc) is 2.21. The van der Waals surface area contributed by atoms with Crippen molar-refractivity contribution in [3.8, 4) is 0 Å². The summed E-state index contributed by atoms with van der Waals surface area (Å²) < 4.78 is 0. The molecule has 16 heavy (non-hydrogen) atoms. The van der Waals surface area contributed by atoms with Gasteiger partial charge in [-0.05, 0) is 46.1 Å². The summed E-state index contributed by atoms with van der Waals surface area (Å²) >= 11 is 0. The van der Waals surface area contributed by atoms with Crippen molar-refractivity contribution in [3.05, 3.63) is 0 Å². The van der Waals surface area contributed by atoms with Gasteiger partial charge in [0.25, 0.3) is 0 Å². The summed E-state index contributed by atoms with van der Waals surface area (Å²) in [6.07, 6.45) is 3.28. The molecule has 0 aliphatic carbocycles. The summed E-state index contributed by atoms with van der Waals surface area (Å²) in [5, 5.41) is 19.4. The van der Waals surface area contributed by atoms with E-state index in [1.807, 2.05) is 11.8 Å². The third kappa shape index (κ3) is 2.74. The molecule has 2 atom stereocenters. The smallest absolute Gasteiger partial charge is 0.323 e. The first kappa shape index (κ1) is 13.5. The fourth-order valence-electron chi connectivity index (χ4n) is 2.20. The fraction of sp³-hybridized carbons (Fsp3) is 0.917. The molecule has 2 unspecified atom stereocenters. The maximum Gasteiger partial charge on any atom is 0.323 e. The molecule has 0 bridgehead atoms. The molecule has 0 aromatic heterocycles. The van der Waals surface area contributed by atoms with E-state index in [2.05, 4.69) is 0 Å². The topological polar surface area (TPSA) is 60.8 Å². The van der Waals surface area contributed by atoms with Gasteiger partial charge in [0.1, 0.15) is 5.54 Å². The van der Waals surface area contributed by atoms with E-state index in [9.17, 15) is 15.0 Å². The molecule has 1 aliphatic rings. The van der Waals surface area contributed by atoms with E-state index in [1.54, 1.807) is 13.8 Å². The molecular weight excluding hydrogens is 206 g/mol. The molecule has 1 heterocycles.